The van der Waals surface area contributed by atoms with E-state index < -0.39 is 5.60 Å². The van der Waals surface area contributed by atoms with Gasteiger partial charge in [0.2, 0.25) is 5.88 Å². The van der Waals surface area contributed by atoms with E-state index in [4.69, 9.17) is 9.47 Å². The van der Waals surface area contributed by atoms with Crippen molar-refractivity contribution in [2.75, 3.05) is 18.5 Å². The molecule has 0 aliphatic carbocycles. The van der Waals surface area contributed by atoms with Crippen LogP contribution in [0.2, 0.25) is 0 Å². The Bertz CT molecular complexity index is 458. The van der Waals surface area contributed by atoms with Crippen molar-refractivity contribution < 1.29 is 14.3 Å². The van der Waals surface area contributed by atoms with Crippen molar-refractivity contribution in [1.82, 2.24) is 4.98 Å². The number of carbonyl (C=O) groups is 1. The van der Waals surface area contributed by atoms with Gasteiger partial charge < -0.3 is 14.8 Å². The molecule has 0 bridgehead atoms. The van der Waals surface area contributed by atoms with Crippen molar-refractivity contribution in [3.8, 4) is 5.88 Å². The summed E-state index contributed by atoms with van der Waals surface area (Å²) in [4.78, 5) is 16.5. The normalized spacial score (nSPS) is 11.2. The molecule has 0 saturated heterocycles. The summed E-state index contributed by atoms with van der Waals surface area (Å²) in [5, 5.41) is 2.85. The zero-order chi connectivity index (χ0) is 15.2. The van der Waals surface area contributed by atoms with Crippen LogP contribution in [-0.2, 0) is 9.53 Å². The Morgan fingerprint density at radius 1 is 1.35 bits per heavy atom. The number of pyridine rings is 1. The van der Waals surface area contributed by atoms with Gasteiger partial charge in [-0.3, -0.25) is 4.79 Å². The maximum absolute atomic E-state index is 12.2. The van der Waals surface area contributed by atoms with Crippen LogP contribution in [0.25, 0.3) is 0 Å². The standard InChI is InChI=1S/C15H24N2O3/c1-6-10-20-15(4,5)14(18)17-12-8-9-13(19-7-2)16-11(12)3/h8-9H,6-7,10H2,1-5H3,(H,17,18). The molecule has 0 unspecified atom stereocenters. The quantitative estimate of drug-likeness (QED) is 0.834. The van der Waals surface area contributed by atoms with Gasteiger partial charge in [-0.25, -0.2) is 4.98 Å². The maximum Gasteiger partial charge on any atom is 0.256 e. The van der Waals surface area contributed by atoms with Crippen LogP contribution in [0.5, 0.6) is 5.88 Å². The molecule has 5 nitrogen and oxygen atoms in total. The van der Waals surface area contributed by atoms with Gasteiger partial charge in [0, 0.05) is 12.7 Å². The number of rotatable bonds is 7. The first kappa shape index (κ1) is 16.4. The van der Waals surface area contributed by atoms with Crippen molar-refractivity contribution in [2.24, 2.45) is 0 Å². The second-order valence-electron chi connectivity index (χ2n) is 5.03. The molecular weight excluding hydrogens is 256 g/mol. The van der Waals surface area contributed by atoms with Crippen LogP contribution in [0.15, 0.2) is 12.1 Å². The minimum Gasteiger partial charge on any atom is -0.478 e. The number of carbonyl (C=O) groups excluding carboxylic acids is 1. The molecule has 112 valence electrons. The summed E-state index contributed by atoms with van der Waals surface area (Å²) in [5.74, 6) is 0.379. The largest absolute Gasteiger partial charge is 0.478 e. The molecule has 0 spiro atoms. The Morgan fingerprint density at radius 2 is 2.05 bits per heavy atom. The molecule has 1 aromatic rings. The topological polar surface area (TPSA) is 60.5 Å². The van der Waals surface area contributed by atoms with Crippen LogP contribution in [0, 0.1) is 6.92 Å². The molecule has 0 aliphatic rings. The van der Waals surface area contributed by atoms with Crippen LogP contribution in [0.1, 0.15) is 39.8 Å². The SMILES string of the molecule is CCCOC(C)(C)C(=O)Nc1ccc(OCC)nc1C. The number of nitrogens with one attached hydrogen (secondary N) is 1. The highest BCUT2D eigenvalue weighted by molar-refractivity contribution is 5.97. The summed E-state index contributed by atoms with van der Waals surface area (Å²) in [7, 11) is 0. The molecule has 20 heavy (non-hydrogen) atoms. The van der Waals surface area contributed by atoms with E-state index in [9.17, 15) is 4.79 Å². The van der Waals surface area contributed by atoms with E-state index >= 15 is 0 Å². The molecule has 0 fully saturated rings. The van der Waals surface area contributed by atoms with Crippen LogP contribution in [-0.4, -0.2) is 29.7 Å². The van der Waals surface area contributed by atoms with E-state index in [1.165, 1.54) is 0 Å². The lowest BCUT2D eigenvalue weighted by Crippen LogP contribution is -2.40. The average Bonchev–Trinajstić information content (AvgIpc) is 2.40. The van der Waals surface area contributed by atoms with Crippen molar-refractivity contribution in [2.45, 2.75) is 46.6 Å². The Labute approximate surface area is 120 Å². The van der Waals surface area contributed by atoms with Gasteiger partial charge in [-0.2, -0.15) is 0 Å². The lowest BCUT2D eigenvalue weighted by Gasteiger charge is -2.24. The van der Waals surface area contributed by atoms with E-state index in [2.05, 4.69) is 10.3 Å². The summed E-state index contributed by atoms with van der Waals surface area (Å²) in [6.45, 7) is 10.4. The fourth-order valence-corrected chi connectivity index (χ4v) is 1.59. The minimum atomic E-state index is -0.860. The summed E-state index contributed by atoms with van der Waals surface area (Å²) in [6.07, 6.45) is 0.875. The molecule has 0 aliphatic heterocycles. The predicted octanol–water partition coefficient (Wildman–Crippen LogP) is 2.93. The second kappa shape index (κ2) is 7.24. The highest BCUT2D eigenvalue weighted by atomic mass is 16.5. The van der Waals surface area contributed by atoms with Crippen molar-refractivity contribution >= 4 is 11.6 Å². The molecule has 1 rings (SSSR count). The summed E-state index contributed by atoms with van der Waals surface area (Å²) >= 11 is 0. The lowest BCUT2D eigenvalue weighted by atomic mass is 10.1. The molecule has 0 aromatic carbocycles. The van der Waals surface area contributed by atoms with E-state index in [0.29, 0.717) is 24.8 Å². The average molecular weight is 280 g/mol. The molecule has 0 radical (unpaired) electrons. The van der Waals surface area contributed by atoms with Gasteiger partial charge in [-0.1, -0.05) is 6.92 Å². The van der Waals surface area contributed by atoms with Gasteiger partial charge >= 0.3 is 0 Å². The molecule has 1 aromatic heterocycles. The molecule has 0 saturated carbocycles. The molecule has 0 atom stereocenters. The number of anilines is 1. The van der Waals surface area contributed by atoms with E-state index in [1.54, 1.807) is 26.0 Å². The van der Waals surface area contributed by atoms with Gasteiger partial charge in [-0.05, 0) is 40.2 Å². The first-order chi connectivity index (χ1) is 9.40. The molecule has 1 amide bonds. The third-order valence-electron chi connectivity index (χ3n) is 2.81. The monoisotopic (exact) mass is 280 g/mol. The second-order valence-corrected chi connectivity index (χ2v) is 5.03. The number of aryl methyl sites for hydroxylation is 1. The minimum absolute atomic E-state index is 0.181. The van der Waals surface area contributed by atoms with Gasteiger partial charge in [0.1, 0.15) is 5.60 Å². The van der Waals surface area contributed by atoms with E-state index in [-0.39, 0.29) is 5.91 Å². The third kappa shape index (κ3) is 4.49. The molecular formula is C15H24N2O3. The summed E-state index contributed by atoms with van der Waals surface area (Å²) in [5.41, 5.74) is 0.531. The van der Waals surface area contributed by atoms with Crippen molar-refractivity contribution in [3.05, 3.63) is 17.8 Å². The van der Waals surface area contributed by atoms with Gasteiger partial charge in [0.15, 0.2) is 0 Å². The fraction of sp³-hybridized carbons (Fsp3) is 0.600. The highest BCUT2D eigenvalue weighted by Gasteiger charge is 2.28. The number of amides is 1. The number of aromatic nitrogens is 1. The van der Waals surface area contributed by atoms with Crippen LogP contribution < -0.4 is 10.1 Å². The van der Waals surface area contributed by atoms with Crippen LogP contribution >= 0.6 is 0 Å². The van der Waals surface area contributed by atoms with E-state index in [0.717, 1.165) is 12.1 Å². The Morgan fingerprint density at radius 3 is 2.60 bits per heavy atom. The Balaban J connectivity index is 2.75. The third-order valence-corrected chi connectivity index (χ3v) is 2.81. The van der Waals surface area contributed by atoms with Gasteiger partial charge in [-0.15, -0.1) is 0 Å². The number of ether oxygens (including phenoxy) is 2. The summed E-state index contributed by atoms with van der Waals surface area (Å²) < 4.78 is 10.9. The van der Waals surface area contributed by atoms with Crippen molar-refractivity contribution in [3.63, 3.8) is 0 Å². The highest BCUT2D eigenvalue weighted by Crippen LogP contribution is 2.20. The van der Waals surface area contributed by atoms with Crippen LogP contribution in [0.4, 0.5) is 5.69 Å². The maximum atomic E-state index is 12.2. The number of nitrogens with zero attached hydrogens (tertiary/aromatic N) is 1. The zero-order valence-electron chi connectivity index (χ0n) is 12.9. The molecule has 1 N–H and O–H groups in total. The van der Waals surface area contributed by atoms with Gasteiger partial charge in [0.25, 0.3) is 5.91 Å². The smallest absolute Gasteiger partial charge is 0.256 e. The van der Waals surface area contributed by atoms with Gasteiger partial charge in [0.05, 0.1) is 18.0 Å². The first-order valence-corrected chi connectivity index (χ1v) is 6.96. The number of hydrogen-bond acceptors (Lipinski definition) is 4. The van der Waals surface area contributed by atoms with Crippen LogP contribution in [0.3, 0.4) is 0 Å². The molecule has 1 heterocycles. The predicted molar refractivity (Wildman–Crippen MR) is 79.1 cm³/mol. The summed E-state index contributed by atoms with van der Waals surface area (Å²) in [6, 6.07) is 3.53. The fourth-order valence-electron chi connectivity index (χ4n) is 1.59. The van der Waals surface area contributed by atoms with Crippen molar-refractivity contribution in [1.29, 1.82) is 0 Å². The van der Waals surface area contributed by atoms with E-state index in [1.807, 2.05) is 20.8 Å². The Kier molecular flexibility index (Phi) is 5.95. The Hall–Kier alpha value is -1.62. The lowest BCUT2D eigenvalue weighted by molar-refractivity contribution is -0.137. The zero-order valence-corrected chi connectivity index (χ0v) is 12.9. The molecule has 5 heteroatoms. The number of hydrogen-bond donors (Lipinski definition) is 1. The first-order valence-electron chi connectivity index (χ1n) is 6.96.